The molecule has 1 aromatic carbocycles. The number of carbonyl (C=O) groups excluding carboxylic acids is 2. The predicted octanol–water partition coefficient (Wildman–Crippen LogP) is 1.72. The van der Waals surface area contributed by atoms with Crippen LogP contribution in [0.1, 0.15) is 12.0 Å². The van der Waals surface area contributed by atoms with Crippen molar-refractivity contribution in [3.8, 4) is 0 Å². The van der Waals surface area contributed by atoms with E-state index in [1.54, 1.807) is 11.1 Å². The van der Waals surface area contributed by atoms with Crippen molar-refractivity contribution in [3.05, 3.63) is 42.1 Å². The fraction of sp³-hybridized carbons (Fsp3) is 0.267. The summed E-state index contributed by atoms with van der Waals surface area (Å²) in [7, 11) is 0. The van der Waals surface area contributed by atoms with Gasteiger partial charge in [0.2, 0.25) is 5.91 Å². The highest BCUT2D eigenvalue weighted by Gasteiger charge is 2.22. The lowest BCUT2D eigenvalue weighted by molar-refractivity contribution is -0.121. The fourth-order valence-electron chi connectivity index (χ4n) is 2.44. The molecule has 1 aromatic heterocycles. The standard InChI is InChI=1S/C15H15N3O2/c19-13-7-10-18(15(20)17-13)9-6-12-4-1-3-11-5-2-8-16-14(11)12/h1-5,8H,6-7,9-10H2,(H,17,19,20). The number of imide groups is 1. The van der Waals surface area contributed by atoms with Gasteiger partial charge in [-0.1, -0.05) is 24.3 Å². The molecule has 0 saturated carbocycles. The van der Waals surface area contributed by atoms with Crippen LogP contribution in [0.5, 0.6) is 0 Å². The minimum atomic E-state index is -0.297. The molecule has 1 aliphatic rings. The van der Waals surface area contributed by atoms with Crippen LogP contribution in [-0.4, -0.2) is 34.9 Å². The van der Waals surface area contributed by atoms with Crippen molar-refractivity contribution in [3.63, 3.8) is 0 Å². The maximum absolute atomic E-state index is 11.7. The fourth-order valence-corrected chi connectivity index (χ4v) is 2.44. The number of pyridine rings is 1. The van der Waals surface area contributed by atoms with Gasteiger partial charge in [0.05, 0.1) is 5.52 Å². The summed E-state index contributed by atoms with van der Waals surface area (Å²) >= 11 is 0. The van der Waals surface area contributed by atoms with Crippen LogP contribution >= 0.6 is 0 Å². The third-order valence-corrected chi connectivity index (χ3v) is 3.51. The smallest absolute Gasteiger partial charge is 0.324 e. The number of urea groups is 1. The molecule has 2 heterocycles. The molecule has 0 unspecified atom stereocenters. The third kappa shape index (κ3) is 2.47. The highest BCUT2D eigenvalue weighted by Crippen LogP contribution is 2.17. The lowest BCUT2D eigenvalue weighted by Gasteiger charge is -2.26. The van der Waals surface area contributed by atoms with Gasteiger partial charge in [-0.2, -0.15) is 0 Å². The number of para-hydroxylation sites is 1. The Labute approximate surface area is 116 Å². The summed E-state index contributed by atoms with van der Waals surface area (Å²) in [6, 6.07) is 9.70. The molecule has 3 rings (SSSR count). The third-order valence-electron chi connectivity index (χ3n) is 3.51. The zero-order chi connectivity index (χ0) is 13.9. The first kappa shape index (κ1) is 12.6. The lowest BCUT2D eigenvalue weighted by atomic mass is 10.1. The molecular formula is C15H15N3O2. The van der Waals surface area contributed by atoms with Crippen LogP contribution in [0.3, 0.4) is 0 Å². The normalized spacial score (nSPS) is 15.5. The largest absolute Gasteiger partial charge is 0.324 e. The maximum Gasteiger partial charge on any atom is 0.324 e. The number of aromatic nitrogens is 1. The second-order valence-corrected chi connectivity index (χ2v) is 4.83. The molecule has 5 nitrogen and oxygen atoms in total. The first-order valence-corrected chi connectivity index (χ1v) is 6.65. The van der Waals surface area contributed by atoms with Crippen molar-refractivity contribution in [2.75, 3.05) is 13.1 Å². The number of amides is 3. The number of hydrogen-bond acceptors (Lipinski definition) is 3. The molecule has 2 aromatic rings. The van der Waals surface area contributed by atoms with E-state index in [0.29, 0.717) is 19.5 Å². The average molecular weight is 269 g/mol. The highest BCUT2D eigenvalue weighted by molar-refractivity contribution is 5.96. The summed E-state index contributed by atoms with van der Waals surface area (Å²) in [4.78, 5) is 28.8. The van der Waals surface area contributed by atoms with Gasteiger partial charge >= 0.3 is 6.03 Å². The summed E-state index contributed by atoms with van der Waals surface area (Å²) in [6.07, 6.45) is 2.88. The lowest BCUT2D eigenvalue weighted by Crippen LogP contribution is -2.49. The Morgan fingerprint density at radius 3 is 2.90 bits per heavy atom. The minimum absolute atomic E-state index is 0.196. The molecule has 3 amide bonds. The van der Waals surface area contributed by atoms with Gasteiger partial charge in [0.25, 0.3) is 0 Å². The van der Waals surface area contributed by atoms with Crippen molar-refractivity contribution in [1.29, 1.82) is 0 Å². The molecule has 1 N–H and O–H groups in total. The Kier molecular flexibility index (Phi) is 3.33. The number of rotatable bonds is 3. The second-order valence-electron chi connectivity index (χ2n) is 4.83. The maximum atomic E-state index is 11.7. The van der Waals surface area contributed by atoms with Crippen LogP contribution in [0.25, 0.3) is 10.9 Å². The van der Waals surface area contributed by atoms with Crippen molar-refractivity contribution >= 4 is 22.8 Å². The van der Waals surface area contributed by atoms with Gasteiger partial charge in [-0.3, -0.25) is 15.1 Å². The first-order chi connectivity index (χ1) is 9.74. The van der Waals surface area contributed by atoms with Crippen LogP contribution in [0.4, 0.5) is 4.79 Å². The Morgan fingerprint density at radius 1 is 1.20 bits per heavy atom. The van der Waals surface area contributed by atoms with Crippen LogP contribution < -0.4 is 5.32 Å². The second kappa shape index (κ2) is 5.28. The monoisotopic (exact) mass is 269 g/mol. The zero-order valence-corrected chi connectivity index (χ0v) is 11.0. The minimum Gasteiger partial charge on any atom is -0.324 e. The van der Waals surface area contributed by atoms with Crippen LogP contribution in [0, 0.1) is 0 Å². The molecule has 20 heavy (non-hydrogen) atoms. The summed E-state index contributed by atoms with van der Waals surface area (Å²) in [6.45, 7) is 1.08. The van der Waals surface area contributed by atoms with E-state index < -0.39 is 0 Å². The summed E-state index contributed by atoms with van der Waals surface area (Å²) in [5.41, 5.74) is 2.09. The number of fused-ring (bicyclic) bond motifs is 1. The molecule has 0 aliphatic carbocycles. The topological polar surface area (TPSA) is 62.3 Å². The molecule has 5 heteroatoms. The quantitative estimate of drug-likeness (QED) is 0.922. The van der Waals surface area contributed by atoms with E-state index in [0.717, 1.165) is 22.9 Å². The molecule has 0 bridgehead atoms. The molecule has 1 saturated heterocycles. The number of nitrogens with zero attached hydrogens (tertiary/aromatic N) is 2. The Hall–Kier alpha value is -2.43. The van der Waals surface area contributed by atoms with Crippen molar-refractivity contribution in [2.45, 2.75) is 12.8 Å². The molecule has 0 spiro atoms. The van der Waals surface area contributed by atoms with Crippen molar-refractivity contribution in [1.82, 2.24) is 15.2 Å². The molecule has 1 fully saturated rings. The number of hydrogen-bond donors (Lipinski definition) is 1. The Bertz CT molecular complexity index is 664. The summed E-state index contributed by atoms with van der Waals surface area (Å²) < 4.78 is 0. The van der Waals surface area contributed by atoms with Gasteiger partial charge in [0.15, 0.2) is 0 Å². The molecule has 0 atom stereocenters. The van der Waals surface area contributed by atoms with Gasteiger partial charge in [-0.25, -0.2) is 4.79 Å². The zero-order valence-electron chi connectivity index (χ0n) is 11.0. The van der Waals surface area contributed by atoms with E-state index in [-0.39, 0.29) is 11.9 Å². The molecule has 0 radical (unpaired) electrons. The highest BCUT2D eigenvalue weighted by atomic mass is 16.2. The average Bonchev–Trinajstić information content (AvgIpc) is 2.46. The van der Waals surface area contributed by atoms with Crippen molar-refractivity contribution in [2.24, 2.45) is 0 Å². The van der Waals surface area contributed by atoms with E-state index in [1.807, 2.05) is 30.3 Å². The van der Waals surface area contributed by atoms with Gasteiger partial charge < -0.3 is 4.90 Å². The summed E-state index contributed by atoms with van der Waals surface area (Å²) in [5.74, 6) is -0.196. The SMILES string of the molecule is O=C1CCN(CCc2cccc3cccnc23)C(=O)N1. The predicted molar refractivity (Wildman–Crippen MR) is 75.2 cm³/mol. The van der Waals surface area contributed by atoms with Crippen LogP contribution in [-0.2, 0) is 11.2 Å². The van der Waals surface area contributed by atoms with E-state index in [2.05, 4.69) is 10.3 Å². The van der Waals surface area contributed by atoms with Gasteiger partial charge in [0.1, 0.15) is 0 Å². The number of carbonyl (C=O) groups is 2. The number of nitrogens with one attached hydrogen (secondary N) is 1. The summed E-state index contributed by atoms with van der Waals surface area (Å²) in [5, 5.41) is 3.44. The van der Waals surface area contributed by atoms with E-state index in [1.165, 1.54) is 0 Å². The van der Waals surface area contributed by atoms with Gasteiger partial charge in [0, 0.05) is 31.1 Å². The van der Waals surface area contributed by atoms with Crippen LogP contribution in [0.15, 0.2) is 36.5 Å². The molecule has 1 aliphatic heterocycles. The van der Waals surface area contributed by atoms with E-state index >= 15 is 0 Å². The molecule has 102 valence electrons. The van der Waals surface area contributed by atoms with Crippen LogP contribution in [0.2, 0.25) is 0 Å². The molecular weight excluding hydrogens is 254 g/mol. The Balaban J connectivity index is 1.74. The Morgan fingerprint density at radius 2 is 2.05 bits per heavy atom. The van der Waals surface area contributed by atoms with E-state index in [9.17, 15) is 9.59 Å². The first-order valence-electron chi connectivity index (χ1n) is 6.65. The number of benzene rings is 1. The van der Waals surface area contributed by atoms with Gasteiger partial charge in [-0.05, 0) is 18.1 Å². The van der Waals surface area contributed by atoms with Gasteiger partial charge in [-0.15, -0.1) is 0 Å². The van der Waals surface area contributed by atoms with E-state index in [4.69, 9.17) is 0 Å². The van der Waals surface area contributed by atoms with Crippen molar-refractivity contribution < 1.29 is 9.59 Å².